The minimum absolute atomic E-state index is 0.233. The van der Waals surface area contributed by atoms with Gasteiger partial charge in [0.1, 0.15) is 18.1 Å². The number of rotatable bonds is 3. The van der Waals surface area contributed by atoms with Gasteiger partial charge in [0.2, 0.25) is 17.7 Å². The minimum atomic E-state index is -0.943. The Morgan fingerprint density at radius 2 is 1.67 bits per heavy atom. The normalized spacial score (nSPS) is 24.4. The number of carbonyl (C=O) groups is 4. The summed E-state index contributed by atoms with van der Waals surface area (Å²) in [5.74, 6) is -1.59. The van der Waals surface area contributed by atoms with Gasteiger partial charge < -0.3 is 16.0 Å². The van der Waals surface area contributed by atoms with Crippen LogP contribution in [0.4, 0.5) is 0 Å². The number of pyridine rings is 1. The highest BCUT2D eigenvalue weighted by Crippen LogP contribution is 2.24. The molecule has 1 fully saturated rings. The Bertz CT molecular complexity index is 1640. The van der Waals surface area contributed by atoms with Gasteiger partial charge in [-0.15, -0.1) is 0 Å². The van der Waals surface area contributed by atoms with Crippen LogP contribution in [-0.4, -0.2) is 58.3 Å². The Labute approximate surface area is 270 Å². The highest BCUT2D eigenvalue weighted by Gasteiger charge is 2.36. The summed E-state index contributed by atoms with van der Waals surface area (Å²) in [5, 5.41) is 11.3. The van der Waals surface area contributed by atoms with Gasteiger partial charge >= 0.3 is 0 Å². The van der Waals surface area contributed by atoms with Crippen LogP contribution in [0.5, 0.6) is 0 Å². The van der Waals surface area contributed by atoms with Gasteiger partial charge in [-0.25, -0.2) is 5.43 Å². The number of carbonyl (C=O) groups excluding carboxylic acids is 4. The van der Waals surface area contributed by atoms with E-state index in [0.29, 0.717) is 25.1 Å². The molecule has 1 saturated heterocycles. The Balaban J connectivity index is 1.52. The Morgan fingerprint density at radius 1 is 0.935 bits per heavy atom. The van der Waals surface area contributed by atoms with E-state index in [4.69, 9.17) is 4.98 Å². The molecule has 0 aliphatic carbocycles. The van der Waals surface area contributed by atoms with Crippen molar-refractivity contribution in [3.8, 4) is 0 Å². The summed E-state index contributed by atoms with van der Waals surface area (Å²) in [4.78, 5) is 59.7. The summed E-state index contributed by atoms with van der Waals surface area (Å²) < 4.78 is 0. The second-order valence-corrected chi connectivity index (χ2v) is 13.2. The minimum Gasteiger partial charge on any atom is -0.347 e. The second-order valence-electron chi connectivity index (χ2n) is 13.2. The fraction of sp³-hybridized carbons (Fsp3) is 0.417. The molecule has 46 heavy (non-hydrogen) atoms. The zero-order valence-corrected chi connectivity index (χ0v) is 27.2. The summed E-state index contributed by atoms with van der Waals surface area (Å²) in [6, 6.07) is 16.4. The lowest BCUT2D eigenvalue weighted by Gasteiger charge is -2.36. The first-order valence-electron chi connectivity index (χ1n) is 16.0. The molecule has 10 nitrogen and oxygen atoms in total. The van der Waals surface area contributed by atoms with Crippen LogP contribution in [0.3, 0.4) is 0 Å². The molecule has 0 saturated carbocycles. The maximum absolute atomic E-state index is 14.0. The van der Waals surface area contributed by atoms with Crippen molar-refractivity contribution < 1.29 is 19.2 Å². The van der Waals surface area contributed by atoms with Gasteiger partial charge in [0.15, 0.2) is 0 Å². The van der Waals surface area contributed by atoms with E-state index < -0.39 is 29.4 Å². The molecule has 3 aromatic rings. The van der Waals surface area contributed by atoms with E-state index in [1.165, 1.54) is 5.01 Å². The molecule has 4 unspecified atom stereocenters. The molecule has 5 rings (SSSR count). The SMILES string of the molecule is CC1NC(=O)C2CCCN(N2)C(=O)C(Cc2ccccc2)NC(=O)C(C(C)C)NC(=O)C(C)(C)C=Cc2ccc3ccc1nc3c2. The molecule has 4 N–H and O–H groups in total. The zero-order chi connectivity index (χ0) is 33.0. The van der Waals surface area contributed by atoms with Crippen LogP contribution in [-0.2, 0) is 25.6 Å². The molecule has 1 aromatic heterocycles. The first-order chi connectivity index (χ1) is 21.9. The van der Waals surface area contributed by atoms with E-state index in [2.05, 4.69) is 21.4 Å². The van der Waals surface area contributed by atoms with Gasteiger partial charge in [-0.05, 0) is 62.8 Å². The summed E-state index contributed by atoms with van der Waals surface area (Å²) in [5.41, 5.74) is 5.39. The van der Waals surface area contributed by atoms with Crippen LogP contribution in [0.25, 0.3) is 17.0 Å². The molecular weight excluding hydrogens is 580 g/mol. The van der Waals surface area contributed by atoms with E-state index in [9.17, 15) is 19.2 Å². The molecular formula is C36H44N6O4. The topological polar surface area (TPSA) is 133 Å². The molecule has 2 aromatic carbocycles. The number of fused-ring (bicyclic) bond motifs is 4. The van der Waals surface area contributed by atoms with Crippen molar-refractivity contribution in [3.05, 3.63) is 83.6 Å². The Morgan fingerprint density at radius 3 is 2.41 bits per heavy atom. The number of hydrogen-bond acceptors (Lipinski definition) is 6. The molecule has 0 radical (unpaired) electrons. The maximum atomic E-state index is 14.0. The molecule has 3 heterocycles. The summed E-state index contributed by atoms with van der Waals surface area (Å²) in [7, 11) is 0. The molecule has 10 heteroatoms. The van der Waals surface area contributed by atoms with Crippen LogP contribution < -0.4 is 21.4 Å². The van der Waals surface area contributed by atoms with Crippen molar-refractivity contribution in [3.63, 3.8) is 0 Å². The smallest absolute Gasteiger partial charge is 0.259 e. The average molecular weight is 625 g/mol. The number of hydrogen-bond donors (Lipinski definition) is 4. The summed E-state index contributed by atoms with van der Waals surface area (Å²) in [6.07, 6.45) is 5.10. The maximum Gasteiger partial charge on any atom is 0.259 e. The van der Waals surface area contributed by atoms with Gasteiger partial charge in [-0.3, -0.25) is 29.2 Å². The second kappa shape index (κ2) is 13.8. The number of nitrogens with zero attached hydrogens (tertiary/aromatic N) is 2. The number of amides is 4. The quantitative estimate of drug-likeness (QED) is 0.350. The highest BCUT2D eigenvalue weighted by molar-refractivity contribution is 5.94. The molecule has 2 aliphatic heterocycles. The van der Waals surface area contributed by atoms with Gasteiger partial charge in [0.05, 0.1) is 22.7 Å². The fourth-order valence-corrected chi connectivity index (χ4v) is 5.76. The van der Waals surface area contributed by atoms with Crippen molar-refractivity contribution in [1.29, 1.82) is 0 Å². The van der Waals surface area contributed by atoms with E-state index >= 15 is 0 Å². The van der Waals surface area contributed by atoms with E-state index in [-0.39, 0.29) is 36.1 Å². The third kappa shape index (κ3) is 7.62. The van der Waals surface area contributed by atoms with Crippen LogP contribution in [0, 0.1) is 11.3 Å². The van der Waals surface area contributed by atoms with Gasteiger partial charge in [0, 0.05) is 18.4 Å². The van der Waals surface area contributed by atoms with Crippen LogP contribution in [0.2, 0.25) is 0 Å². The zero-order valence-electron chi connectivity index (χ0n) is 27.2. The molecule has 4 amide bonds. The third-order valence-corrected chi connectivity index (χ3v) is 8.72. The van der Waals surface area contributed by atoms with Crippen LogP contribution in [0.15, 0.2) is 66.7 Å². The van der Waals surface area contributed by atoms with Crippen molar-refractivity contribution in [2.24, 2.45) is 11.3 Å². The lowest BCUT2D eigenvalue weighted by Crippen LogP contribution is -2.63. The highest BCUT2D eigenvalue weighted by atomic mass is 16.2. The lowest BCUT2D eigenvalue weighted by molar-refractivity contribution is -0.144. The van der Waals surface area contributed by atoms with Gasteiger partial charge in [-0.2, -0.15) is 0 Å². The Hall–Kier alpha value is -4.57. The van der Waals surface area contributed by atoms with Crippen LogP contribution >= 0.6 is 0 Å². The van der Waals surface area contributed by atoms with Crippen molar-refractivity contribution in [1.82, 2.24) is 31.4 Å². The number of hydrazine groups is 1. The van der Waals surface area contributed by atoms with E-state index in [1.54, 1.807) is 13.8 Å². The average Bonchev–Trinajstić information content (AvgIpc) is 3.05. The van der Waals surface area contributed by atoms with Crippen molar-refractivity contribution >= 4 is 40.6 Å². The predicted molar refractivity (Wildman–Crippen MR) is 178 cm³/mol. The molecule has 242 valence electrons. The summed E-state index contributed by atoms with van der Waals surface area (Å²) in [6.45, 7) is 9.58. The van der Waals surface area contributed by atoms with E-state index in [0.717, 1.165) is 22.0 Å². The molecule has 4 atom stereocenters. The third-order valence-electron chi connectivity index (χ3n) is 8.72. The van der Waals surface area contributed by atoms with Crippen molar-refractivity contribution in [2.75, 3.05) is 6.54 Å². The number of aromatic nitrogens is 1. The number of benzene rings is 2. The molecule has 5 bridgehead atoms. The van der Waals surface area contributed by atoms with Crippen LogP contribution in [0.1, 0.15) is 70.3 Å². The summed E-state index contributed by atoms with van der Waals surface area (Å²) >= 11 is 0. The predicted octanol–water partition coefficient (Wildman–Crippen LogP) is 3.83. The first-order valence-corrected chi connectivity index (χ1v) is 16.0. The van der Waals surface area contributed by atoms with Gasteiger partial charge in [-0.1, -0.05) is 74.5 Å². The van der Waals surface area contributed by atoms with E-state index in [1.807, 2.05) is 93.6 Å². The first kappa shape index (κ1) is 32.8. The monoisotopic (exact) mass is 624 g/mol. The molecule has 2 aliphatic rings. The van der Waals surface area contributed by atoms with Gasteiger partial charge in [0.25, 0.3) is 5.91 Å². The lowest BCUT2D eigenvalue weighted by atomic mass is 9.89. The molecule has 0 spiro atoms. The standard InChI is InChI=1S/C36H44N6O4/c1-22(2)31-33(44)39-30(21-24-10-7-6-8-11-24)34(45)42-19-9-12-28(41-42)32(43)37-23(3)27-16-15-26-14-13-25(20-29(26)38-27)17-18-36(4,5)35(46)40-31/h6-8,10-11,13-18,20,22-23,28,30-31,41H,9,12,19,21H2,1-5H3,(H,37,43)(H,39,44)(H,40,46). The largest absolute Gasteiger partial charge is 0.347 e. The number of nitrogens with one attached hydrogen (secondary N) is 4. The Kier molecular flexibility index (Phi) is 9.86. The van der Waals surface area contributed by atoms with Crippen molar-refractivity contribution in [2.45, 2.75) is 78.0 Å². The fourth-order valence-electron chi connectivity index (χ4n) is 5.76.